The molecule has 0 saturated carbocycles. The molecule has 0 radical (unpaired) electrons. The summed E-state index contributed by atoms with van der Waals surface area (Å²) in [7, 11) is 0. The van der Waals surface area contributed by atoms with Crippen LogP contribution in [-0.2, 0) is 19.6 Å². The number of rotatable bonds is 3. The molecule has 1 amide bonds. The largest absolute Gasteiger partial charge is 0.392 e. The van der Waals surface area contributed by atoms with Crippen molar-refractivity contribution in [3.63, 3.8) is 0 Å². The van der Waals surface area contributed by atoms with Gasteiger partial charge in [-0.3, -0.25) is 4.79 Å². The molecule has 108 valence electrons. The van der Waals surface area contributed by atoms with Crippen LogP contribution in [0.25, 0.3) is 0 Å². The van der Waals surface area contributed by atoms with Crippen molar-refractivity contribution in [3.05, 3.63) is 64.7 Å². The lowest BCUT2D eigenvalue weighted by Crippen LogP contribution is -2.24. The lowest BCUT2D eigenvalue weighted by atomic mass is 9.98. The number of hydrogen-bond donors (Lipinski definition) is 3. The molecule has 2 aromatic carbocycles. The Morgan fingerprint density at radius 3 is 2.95 bits per heavy atom. The van der Waals surface area contributed by atoms with Gasteiger partial charge in [-0.2, -0.15) is 0 Å². The number of hydrogen-bond acceptors (Lipinski definition) is 3. The highest BCUT2D eigenvalue weighted by molar-refractivity contribution is 6.04. The zero-order valence-electron chi connectivity index (χ0n) is 11.7. The summed E-state index contributed by atoms with van der Waals surface area (Å²) >= 11 is 0. The van der Waals surface area contributed by atoms with Crippen LogP contribution in [0.4, 0.5) is 5.69 Å². The van der Waals surface area contributed by atoms with Gasteiger partial charge in [0.15, 0.2) is 0 Å². The molecule has 0 spiro atoms. The Morgan fingerprint density at radius 1 is 1.19 bits per heavy atom. The number of fused-ring (bicyclic) bond motifs is 1. The van der Waals surface area contributed by atoms with Crippen LogP contribution in [0.2, 0.25) is 0 Å². The van der Waals surface area contributed by atoms with Crippen molar-refractivity contribution >= 4 is 11.6 Å². The van der Waals surface area contributed by atoms with Crippen molar-refractivity contribution in [3.8, 4) is 0 Å². The molecular formula is C17H18N2O2. The maximum absolute atomic E-state index is 12.3. The molecule has 0 fully saturated rings. The van der Waals surface area contributed by atoms with E-state index < -0.39 is 0 Å². The number of carbonyl (C=O) groups excluding carboxylic acids is 1. The molecule has 0 aromatic heterocycles. The molecule has 0 saturated heterocycles. The minimum atomic E-state index is -0.126. The minimum absolute atomic E-state index is 0.0335. The predicted molar refractivity (Wildman–Crippen MR) is 82.2 cm³/mol. The molecule has 21 heavy (non-hydrogen) atoms. The number of aliphatic hydroxyl groups excluding tert-OH is 1. The Kier molecular flexibility index (Phi) is 3.99. The molecular weight excluding hydrogens is 264 g/mol. The number of anilines is 1. The van der Waals surface area contributed by atoms with Crippen molar-refractivity contribution in [2.75, 3.05) is 11.9 Å². The maximum Gasteiger partial charge on any atom is 0.255 e. The van der Waals surface area contributed by atoms with Gasteiger partial charge in [0.1, 0.15) is 0 Å². The number of aliphatic hydroxyl groups is 1. The summed E-state index contributed by atoms with van der Waals surface area (Å²) in [6.45, 7) is 1.77. The zero-order valence-corrected chi connectivity index (χ0v) is 11.7. The van der Waals surface area contributed by atoms with E-state index in [1.165, 1.54) is 11.1 Å². The average molecular weight is 282 g/mol. The van der Waals surface area contributed by atoms with Gasteiger partial charge >= 0.3 is 0 Å². The highest BCUT2D eigenvalue weighted by atomic mass is 16.3. The first-order valence-corrected chi connectivity index (χ1v) is 7.10. The molecule has 1 heterocycles. The SMILES string of the molecule is O=C(Nc1cccc(CO)c1)c1ccc2c(c1)CNCC2. The molecule has 0 aliphatic carbocycles. The molecule has 2 aromatic rings. The third-order valence-corrected chi connectivity index (χ3v) is 3.72. The van der Waals surface area contributed by atoms with E-state index in [0.29, 0.717) is 11.3 Å². The fourth-order valence-corrected chi connectivity index (χ4v) is 2.57. The van der Waals surface area contributed by atoms with E-state index in [0.717, 1.165) is 25.1 Å². The molecule has 0 atom stereocenters. The van der Waals surface area contributed by atoms with Crippen LogP contribution in [0.1, 0.15) is 27.0 Å². The number of amides is 1. The smallest absolute Gasteiger partial charge is 0.255 e. The fourth-order valence-electron chi connectivity index (χ4n) is 2.57. The summed E-state index contributed by atoms with van der Waals surface area (Å²) in [5.74, 6) is -0.126. The lowest BCUT2D eigenvalue weighted by Gasteiger charge is -2.17. The van der Waals surface area contributed by atoms with E-state index in [9.17, 15) is 4.79 Å². The molecule has 0 bridgehead atoms. The van der Waals surface area contributed by atoms with Crippen LogP contribution in [-0.4, -0.2) is 17.6 Å². The third-order valence-electron chi connectivity index (χ3n) is 3.72. The zero-order chi connectivity index (χ0) is 14.7. The summed E-state index contributed by atoms with van der Waals surface area (Å²) in [5, 5.41) is 15.3. The van der Waals surface area contributed by atoms with E-state index in [-0.39, 0.29) is 12.5 Å². The topological polar surface area (TPSA) is 61.4 Å². The van der Waals surface area contributed by atoms with Crippen molar-refractivity contribution < 1.29 is 9.90 Å². The first-order valence-electron chi connectivity index (χ1n) is 7.10. The van der Waals surface area contributed by atoms with Gasteiger partial charge < -0.3 is 15.7 Å². The van der Waals surface area contributed by atoms with Crippen LogP contribution in [0, 0.1) is 0 Å². The van der Waals surface area contributed by atoms with Crippen molar-refractivity contribution in [1.82, 2.24) is 5.32 Å². The highest BCUT2D eigenvalue weighted by Gasteiger charge is 2.12. The molecule has 1 aliphatic rings. The molecule has 3 rings (SSSR count). The Labute approximate surface area is 123 Å². The Balaban J connectivity index is 1.78. The quantitative estimate of drug-likeness (QED) is 0.807. The average Bonchev–Trinajstić information content (AvgIpc) is 2.54. The van der Waals surface area contributed by atoms with Gasteiger partial charge in [0.2, 0.25) is 0 Å². The second-order valence-corrected chi connectivity index (χ2v) is 5.22. The summed E-state index contributed by atoms with van der Waals surface area (Å²) in [4.78, 5) is 12.3. The Morgan fingerprint density at radius 2 is 2.10 bits per heavy atom. The van der Waals surface area contributed by atoms with Gasteiger partial charge in [-0.15, -0.1) is 0 Å². The van der Waals surface area contributed by atoms with Gasteiger partial charge in [-0.25, -0.2) is 0 Å². The number of nitrogens with one attached hydrogen (secondary N) is 2. The molecule has 1 aliphatic heterocycles. The second kappa shape index (κ2) is 6.08. The number of benzene rings is 2. The van der Waals surface area contributed by atoms with Gasteiger partial charge in [0, 0.05) is 17.8 Å². The van der Waals surface area contributed by atoms with Crippen molar-refractivity contribution in [2.45, 2.75) is 19.6 Å². The van der Waals surface area contributed by atoms with Crippen LogP contribution in [0.3, 0.4) is 0 Å². The van der Waals surface area contributed by atoms with Gasteiger partial charge in [-0.05, 0) is 53.9 Å². The van der Waals surface area contributed by atoms with Crippen molar-refractivity contribution in [2.24, 2.45) is 0 Å². The minimum Gasteiger partial charge on any atom is -0.392 e. The number of carbonyl (C=O) groups is 1. The Bertz CT molecular complexity index is 668. The van der Waals surface area contributed by atoms with Crippen molar-refractivity contribution in [1.29, 1.82) is 0 Å². The van der Waals surface area contributed by atoms with E-state index >= 15 is 0 Å². The molecule has 4 heteroatoms. The fraction of sp³-hybridized carbons (Fsp3) is 0.235. The first kappa shape index (κ1) is 13.8. The van der Waals surface area contributed by atoms with Crippen LogP contribution >= 0.6 is 0 Å². The van der Waals surface area contributed by atoms with Crippen LogP contribution < -0.4 is 10.6 Å². The maximum atomic E-state index is 12.3. The molecule has 3 N–H and O–H groups in total. The molecule has 0 unspecified atom stereocenters. The highest BCUT2D eigenvalue weighted by Crippen LogP contribution is 2.17. The normalized spacial score (nSPS) is 13.6. The predicted octanol–water partition coefficient (Wildman–Crippen LogP) is 2.08. The van der Waals surface area contributed by atoms with Gasteiger partial charge in [0.05, 0.1) is 6.61 Å². The Hall–Kier alpha value is -2.17. The summed E-state index contributed by atoms with van der Waals surface area (Å²) in [6.07, 6.45) is 1.01. The van der Waals surface area contributed by atoms with E-state index in [1.54, 1.807) is 6.07 Å². The summed E-state index contributed by atoms with van der Waals surface area (Å²) in [6, 6.07) is 13.1. The lowest BCUT2D eigenvalue weighted by molar-refractivity contribution is 0.102. The summed E-state index contributed by atoms with van der Waals surface area (Å²) in [5.41, 5.74) is 4.64. The summed E-state index contributed by atoms with van der Waals surface area (Å²) < 4.78 is 0. The third kappa shape index (κ3) is 3.12. The van der Waals surface area contributed by atoms with Gasteiger partial charge in [0.25, 0.3) is 5.91 Å². The molecule has 4 nitrogen and oxygen atoms in total. The van der Waals surface area contributed by atoms with E-state index in [4.69, 9.17) is 5.11 Å². The first-order chi connectivity index (χ1) is 10.3. The van der Waals surface area contributed by atoms with E-state index in [2.05, 4.69) is 10.6 Å². The second-order valence-electron chi connectivity index (χ2n) is 5.22. The van der Waals surface area contributed by atoms with E-state index in [1.807, 2.05) is 36.4 Å². The monoisotopic (exact) mass is 282 g/mol. The van der Waals surface area contributed by atoms with Crippen LogP contribution in [0.15, 0.2) is 42.5 Å². The van der Waals surface area contributed by atoms with Gasteiger partial charge in [-0.1, -0.05) is 18.2 Å². The van der Waals surface area contributed by atoms with Crippen LogP contribution in [0.5, 0.6) is 0 Å². The standard InChI is InChI=1S/C17H18N2O2/c20-11-12-2-1-3-16(8-12)19-17(21)14-5-4-13-6-7-18-10-15(13)9-14/h1-5,8-9,18,20H,6-7,10-11H2,(H,19,21).